The van der Waals surface area contributed by atoms with E-state index in [0.717, 1.165) is 0 Å². The molecule has 0 heterocycles. The number of carbonyl (C=O) groups excluding carboxylic acids is 2. The van der Waals surface area contributed by atoms with Gasteiger partial charge in [-0.25, -0.2) is 4.39 Å². The number of benzene rings is 2. The molecule has 0 bridgehead atoms. The molecule has 1 amide bonds. The highest BCUT2D eigenvalue weighted by molar-refractivity contribution is 6.33. The van der Waals surface area contributed by atoms with Crippen molar-refractivity contribution in [3.8, 4) is 5.75 Å². The van der Waals surface area contributed by atoms with Crippen LogP contribution in [-0.2, 0) is 4.79 Å². The number of ether oxygens (including phenoxy) is 1. The monoisotopic (exact) mass is 347 g/mol. The molecule has 4 nitrogen and oxygen atoms in total. The number of rotatable bonds is 4. The van der Waals surface area contributed by atoms with E-state index in [1.807, 2.05) is 0 Å². The molecule has 1 unspecified atom stereocenters. The van der Waals surface area contributed by atoms with Crippen LogP contribution in [0.3, 0.4) is 0 Å². The number of ketones is 1. The summed E-state index contributed by atoms with van der Waals surface area (Å²) in [5.74, 6) is -0.961. The van der Waals surface area contributed by atoms with Crippen LogP contribution in [0.25, 0.3) is 0 Å². The van der Waals surface area contributed by atoms with Crippen molar-refractivity contribution in [3.05, 3.63) is 58.4 Å². The molecule has 0 fully saturated rings. The molecule has 0 spiro atoms. The number of carbonyl (C=O) groups is 2. The van der Waals surface area contributed by atoms with E-state index in [1.54, 1.807) is 31.2 Å². The highest BCUT2D eigenvalue weighted by Crippen LogP contribution is 2.39. The first-order valence-electron chi connectivity index (χ1n) is 7.50. The third-order valence-electron chi connectivity index (χ3n) is 3.92. The smallest absolute Gasteiger partial charge is 0.262 e. The number of nitrogens with one attached hydrogen (secondary N) is 1. The lowest BCUT2D eigenvalue weighted by atomic mass is 10.0. The van der Waals surface area contributed by atoms with Crippen LogP contribution >= 0.6 is 11.6 Å². The maximum absolute atomic E-state index is 13.9. The normalized spacial score (nSPS) is 16.0. The van der Waals surface area contributed by atoms with E-state index < -0.39 is 11.7 Å². The zero-order valence-corrected chi connectivity index (χ0v) is 13.7. The number of hydrogen-bond donors (Lipinski definition) is 1. The predicted molar refractivity (Wildman–Crippen MR) is 89.3 cm³/mol. The largest absolute Gasteiger partial charge is 0.483 e. The van der Waals surface area contributed by atoms with Gasteiger partial charge in [0.1, 0.15) is 11.6 Å². The average Bonchev–Trinajstić information content (AvgIpc) is 2.85. The van der Waals surface area contributed by atoms with Crippen LogP contribution in [0.15, 0.2) is 36.4 Å². The van der Waals surface area contributed by atoms with Gasteiger partial charge in [-0.3, -0.25) is 9.59 Å². The van der Waals surface area contributed by atoms with Crippen molar-refractivity contribution in [2.75, 3.05) is 11.9 Å². The molecule has 0 aliphatic heterocycles. The fourth-order valence-electron chi connectivity index (χ4n) is 2.84. The molecule has 6 heteroatoms. The number of para-hydroxylation sites is 1. The van der Waals surface area contributed by atoms with Gasteiger partial charge in [-0.2, -0.15) is 0 Å². The lowest BCUT2D eigenvalue weighted by Gasteiger charge is -2.12. The molecule has 124 valence electrons. The molecule has 1 aliphatic rings. The summed E-state index contributed by atoms with van der Waals surface area (Å²) in [6.45, 7) is 1.49. The zero-order chi connectivity index (χ0) is 17.3. The summed E-state index contributed by atoms with van der Waals surface area (Å²) in [6, 6.07) is 9.46. The number of fused-ring (bicyclic) bond motifs is 1. The van der Waals surface area contributed by atoms with Crippen LogP contribution in [0.2, 0.25) is 5.02 Å². The summed E-state index contributed by atoms with van der Waals surface area (Å²) in [5.41, 5.74) is 1.08. The van der Waals surface area contributed by atoms with Crippen molar-refractivity contribution in [2.24, 2.45) is 0 Å². The Kier molecular flexibility index (Phi) is 4.53. The second-order valence-electron chi connectivity index (χ2n) is 5.68. The fraction of sp³-hybridized carbons (Fsp3) is 0.222. The Morgan fingerprint density at radius 2 is 2.08 bits per heavy atom. The van der Waals surface area contributed by atoms with Gasteiger partial charge in [-0.15, -0.1) is 0 Å². The number of halogens is 2. The molecule has 24 heavy (non-hydrogen) atoms. The SMILES string of the molecule is CC1CC(=O)c2c(OCC(=O)Nc3ccccc3Cl)ccc(F)c21. The molecule has 0 radical (unpaired) electrons. The minimum atomic E-state index is -0.420. The van der Waals surface area contributed by atoms with Crippen LogP contribution in [0, 0.1) is 5.82 Å². The van der Waals surface area contributed by atoms with Gasteiger partial charge in [0.05, 0.1) is 16.3 Å². The average molecular weight is 348 g/mol. The molecule has 0 saturated heterocycles. The van der Waals surface area contributed by atoms with E-state index in [4.69, 9.17) is 16.3 Å². The molecular weight excluding hydrogens is 333 g/mol. The Morgan fingerprint density at radius 1 is 1.33 bits per heavy atom. The number of amides is 1. The summed E-state index contributed by atoms with van der Waals surface area (Å²) < 4.78 is 19.4. The molecule has 1 N–H and O–H groups in total. The maximum atomic E-state index is 13.9. The summed E-state index contributed by atoms with van der Waals surface area (Å²) in [5, 5.41) is 3.04. The summed E-state index contributed by atoms with van der Waals surface area (Å²) in [4.78, 5) is 24.1. The first-order valence-corrected chi connectivity index (χ1v) is 7.88. The van der Waals surface area contributed by atoms with Crippen LogP contribution < -0.4 is 10.1 Å². The van der Waals surface area contributed by atoms with Crippen molar-refractivity contribution in [1.29, 1.82) is 0 Å². The maximum Gasteiger partial charge on any atom is 0.262 e. The second-order valence-corrected chi connectivity index (χ2v) is 6.09. The molecule has 1 atom stereocenters. The van der Waals surface area contributed by atoms with Crippen LogP contribution in [0.4, 0.5) is 10.1 Å². The number of Topliss-reactive ketones (excluding diaryl/α,β-unsaturated/α-hetero) is 1. The van der Waals surface area contributed by atoms with Gasteiger partial charge < -0.3 is 10.1 Å². The minimum Gasteiger partial charge on any atom is -0.483 e. The zero-order valence-electron chi connectivity index (χ0n) is 12.9. The molecule has 2 aromatic rings. The predicted octanol–water partition coefficient (Wildman–Crippen LogP) is 4.19. The van der Waals surface area contributed by atoms with E-state index >= 15 is 0 Å². The quantitative estimate of drug-likeness (QED) is 0.902. The fourth-order valence-corrected chi connectivity index (χ4v) is 3.02. The lowest BCUT2D eigenvalue weighted by Crippen LogP contribution is -2.21. The van der Waals surface area contributed by atoms with E-state index in [9.17, 15) is 14.0 Å². The molecule has 3 rings (SSSR count). The summed E-state index contributed by atoms with van der Waals surface area (Å²) in [6.07, 6.45) is 0.248. The Labute approximate surface area is 143 Å². The van der Waals surface area contributed by atoms with Crippen LogP contribution in [-0.4, -0.2) is 18.3 Å². The van der Waals surface area contributed by atoms with E-state index in [2.05, 4.69) is 5.32 Å². The Morgan fingerprint density at radius 3 is 2.83 bits per heavy atom. The van der Waals surface area contributed by atoms with Crippen molar-refractivity contribution >= 4 is 29.0 Å². The first-order chi connectivity index (χ1) is 11.5. The Balaban J connectivity index is 1.73. The van der Waals surface area contributed by atoms with Gasteiger partial charge in [0, 0.05) is 12.0 Å². The van der Waals surface area contributed by atoms with Gasteiger partial charge >= 0.3 is 0 Å². The highest BCUT2D eigenvalue weighted by Gasteiger charge is 2.32. The standard InChI is InChI=1S/C18H15ClFNO3/c1-10-8-14(22)18-15(7-6-12(20)17(10)18)24-9-16(23)21-13-5-3-2-4-11(13)19/h2-7,10H,8-9H2,1H3,(H,21,23). The molecular formula is C18H15ClFNO3. The highest BCUT2D eigenvalue weighted by atomic mass is 35.5. The Hall–Kier alpha value is -2.40. The third kappa shape index (κ3) is 3.12. The van der Waals surface area contributed by atoms with Crippen molar-refractivity contribution in [2.45, 2.75) is 19.3 Å². The van der Waals surface area contributed by atoms with E-state index in [1.165, 1.54) is 12.1 Å². The third-order valence-corrected chi connectivity index (χ3v) is 4.25. The van der Waals surface area contributed by atoms with E-state index in [0.29, 0.717) is 16.3 Å². The second kappa shape index (κ2) is 6.61. The molecule has 0 saturated carbocycles. The lowest BCUT2D eigenvalue weighted by molar-refractivity contribution is -0.118. The molecule has 0 aromatic heterocycles. The van der Waals surface area contributed by atoms with E-state index in [-0.39, 0.29) is 36.0 Å². The minimum absolute atomic E-state index is 0.168. The van der Waals surface area contributed by atoms with Crippen LogP contribution in [0.5, 0.6) is 5.75 Å². The van der Waals surface area contributed by atoms with Gasteiger partial charge in [0.25, 0.3) is 5.91 Å². The van der Waals surface area contributed by atoms with Gasteiger partial charge in [0.15, 0.2) is 12.4 Å². The summed E-state index contributed by atoms with van der Waals surface area (Å²) >= 11 is 5.97. The van der Waals surface area contributed by atoms with Gasteiger partial charge in [-0.1, -0.05) is 30.7 Å². The van der Waals surface area contributed by atoms with Crippen molar-refractivity contribution in [3.63, 3.8) is 0 Å². The topological polar surface area (TPSA) is 55.4 Å². The Bertz CT molecular complexity index is 822. The molecule has 1 aliphatic carbocycles. The van der Waals surface area contributed by atoms with Gasteiger partial charge in [-0.05, 0) is 30.2 Å². The van der Waals surface area contributed by atoms with Gasteiger partial charge in [0.2, 0.25) is 0 Å². The number of hydrogen-bond acceptors (Lipinski definition) is 3. The molecule has 2 aromatic carbocycles. The first kappa shape index (κ1) is 16.5. The van der Waals surface area contributed by atoms with Crippen molar-refractivity contribution in [1.82, 2.24) is 0 Å². The van der Waals surface area contributed by atoms with Crippen LogP contribution in [0.1, 0.15) is 35.2 Å². The van der Waals surface area contributed by atoms with Crippen molar-refractivity contribution < 1.29 is 18.7 Å². The number of anilines is 1. The summed E-state index contributed by atoms with van der Waals surface area (Å²) in [7, 11) is 0.